The SMILES string of the molecule is N#Cc1nc(-c2ccccc2)oc1NC1CCCO1. The van der Waals surface area contributed by atoms with Gasteiger partial charge in [-0.2, -0.15) is 10.2 Å². The van der Waals surface area contributed by atoms with Gasteiger partial charge in [0, 0.05) is 12.2 Å². The van der Waals surface area contributed by atoms with E-state index in [1.165, 1.54) is 0 Å². The molecule has 0 saturated carbocycles. The van der Waals surface area contributed by atoms with Gasteiger partial charge in [-0.15, -0.1) is 0 Å². The molecule has 1 atom stereocenters. The zero-order valence-corrected chi connectivity index (χ0v) is 10.3. The fourth-order valence-corrected chi connectivity index (χ4v) is 2.04. The molecule has 5 nitrogen and oxygen atoms in total. The molecule has 2 aromatic rings. The van der Waals surface area contributed by atoms with Crippen LogP contribution in [0, 0.1) is 11.3 Å². The van der Waals surface area contributed by atoms with Crippen molar-refractivity contribution in [3.8, 4) is 17.5 Å². The highest BCUT2D eigenvalue weighted by Crippen LogP contribution is 2.26. The van der Waals surface area contributed by atoms with E-state index in [0.29, 0.717) is 11.8 Å². The van der Waals surface area contributed by atoms with Gasteiger partial charge in [0.05, 0.1) is 0 Å². The molecule has 1 N–H and O–H groups in total. The topological polar surface area (TPSA) is 71.1 Å². The Hall–Kier alpha value is -2.32. The molecule has 0 aliphatic carbocycles. The van der Waals surface area contributed by atoms with Crippen LogP contribution in [-0.4, -0.2) is 17.8 Å². The van der Waals surface area contributed by atoms with Crippen LogP contribution in [0.4, 0.5) is 5.88 Å². The number of aromatic nitrogens is 1. The Kier molecular flexibility index (Phi) is 3.17. The van der Waals surface area contributed by atoms with Crippen molar-refractivity contribution in [2.24, 2.45) is 0 Å². The summed E-state index contributed by atoms with van der Waals surface area (Å²) in [6, 6.07) is 11.5. The largest absolute Gasteiger partial charge is 0.419 e. The van der Waals surface area contributed by atoms with E-state index in [4.69, 9.17) is 14.4 Å². The van der Waals surface area contributed by atoms with E-state index in [1.807, 2.05) is 36.4 Å². The maximum Gasteiger partial charge on any atom is 0.234 e. The third-order valence-corrected chi connectivity index (χ3v) is 2.98. The fraction of sp³-hybridized carbons (Fsp3) is 0.286. The first-order valence-electron chi connectivity index (χ1n) is 6.21. The van der Waals surface area contributed by atoms with Gasteiger partial charge in [-0.1, -0.05) is 18.2 Å². The van der Waals surface area contributed by atoms with E-state index in [-0.39, 0.29) is 11.9 Å². The summed E-state index contributed by atoms with van der Waals surface area (Å²) in [7, 11) is 0. The molecule has 2 heterocycles. The minimum Gasteiger partial charge on any atom is -0.419 e. The molecule has 0 amide bonds. The molecule has 96 valence electrons. The Bertz CT molecular complexity index is 595. The first-order chi connectivity index (χ1) is 9.36. The first-order valence-corrected chi connectivity index (χ1v) is 6.21. The van der Waals surface area contributed by atoms with Gasteiger partial charge in [0.25, 0.3) is 0 Å². The van der Waals surface area contributed by atoms with Gasteiger partial charge in [-0.3, -0.25) is 0 Å². The molecule has 1 fully saturated rings. The predicted octanol–water partition coefficient (Wildman–Crippen LogP) is 2.76. The summed E-state index contributed by atoms with van der Waals surface area (Å²) in [5.41, 5.74) is 1.11. The van der Waals surface area contributed by atoms with E-state index in [0.717, 1.165) is 25.0 Å². The molecule has 1 aromatic carbocycles. The standard InChI is InChI=1S/C14H13N3O2/c15-9-11-14(17-12-7-4-8-18-12)19-13(16-11)10-5-2-1-3-6-10/h1-3,5-6,12,17H,4,7-8H2. The molecule has 3 rings (SSSR count). The van der Waals surface area contributed by atoms with Gasteiger partial charge < -0.3 is 14.5 Å². The van der Waals surface area contributed by atoms with Crippen molar-refractivity contribution in [3.63, 3.8) is 0 Å². The maximum absolute atomic E-state index is 9.10. The number of nitrogens with zero attached hydrogens (tertiary/aromatic N) is 2. The Morgan fingerprint density at radius 3 is 2.84 bits per heavy atom. The van der Waals surface area contributed by atoms with Crippen molar-refractivity contribution < 1.29 is 9.15 Å². The molecule has 0 spiro atoms. The lowest BCUT2D eigenvalue weighted by molar-refractivity contribution is 0.130. The average Bonchev–Trinajstić information content (AvgIpc) is 3.10. The van der Waals surface area contributed by atoms with Gasteiger partial charge in [-0.25, -0.2) is 0 Å². The Morgan fingerprint density at radius 2 is 2.16 bits per heavy atom. The van der Waals surface area contributed by atoms with Crippen LogP contribution in [0.15, 0.2) is 34.7 Å². The van der Waals surface area contributed by atoms with Gasteiger partial charge in [0.2, 0.25) is 17.5 Å². The number of rotatable bonds is 3. The second kappa shape index (κ2) is 5.12. The zero-order chi connectivity index (χ0) is 13.1. The molecule has 1 aliphatic heterocycles. The van der Waals surface area contributed by atoms with Gasteiger partial charge in [-0.05, 0) is 25.0 Å². The number of hydrogen-bond acceptors (Lipinski definition) is 5. The summed E-state index contributed by atoms with van der Waals surface area (Å²) < 4.78 is 11.1. The van der Waals surface area contributed by atoms with Crippen LogP contribution in [0.2, 0.25) is 0 Å². The quantitative estimate of drug-likeness (QED) is 0.913. The number of ether oxygens (including phenoxy) is 1. The molecule has 5 heteroatoms. The molecule has 1 aromatic heterocycles. The van der Waals surface area contributed by atoms with Gasteiger partial charge in [0.1, 0.15) is 12.3 Å². The number of hydrogen-bond donors (Lipinski definition) is 1. The third-order valence-electron chi connectivity index (χ3n) is 2.98. The van der Waals surface area contributed by atoms with Crippen molar-refractivity contribution in [1.82, 2.24) is 4.98 Å². The number of benzene rings is 1. The summed E-state index contributed by atoms with van der Waals surface area (Å²) in [6.07, 6.45) is 1.83. The lowest BCUT2D eigenvalue weighted by atomic mass is 10.2. The molecule has 1 aliphatic rings. The minimum absolute atomic E-state index is 0.0938. The Balaban J connectivity index is 1.88. The first kappa shape index (κ1) is 11.8. The maximum atomic E-state index is 9.10. The summed E-state index contributed by atoms with van der Waals surface area (Å²) in [6.45, 7) is 0.735. The lowest BCUT2D eigenvalue weighted by Crippen LogP contribution is -2.17. The molecule has 1 unspecified atom stereocenters. The smallest absolute Gasteiger partial charge is 0.234 e. The molecule has 1 saturated heterocycles. The average molecular weight is 255 g/mol. The summed E-state index contributed by atoms with van der Waals surface area (Å²) >= 11 is 0. The minimum atomic E-state index is -0.0938. The number of nitriles is 1. The molecule has 19 heavy (non-hydrogen) atoms. The fourth-order valence-electron chi connectivity index (χ4n) is 2.04. The lowest BCUT2D eigenvalue weighted by Gasteiger charge is -2.09. The summed E-state index contributed by atoms with van der Waals surface area (Å²) in [5, 5.41) is 12.2. The van der Waals surface area contributed by atoms with Crippen LogP contribution in [0.3, 0.4) is 0 Å². The third kappa shape index (κ3) is 2.44. The van der Waals surface area contributed by atoms with Crippen molar-refractivity contribution >= 4 is 5.88 Å². The van der Waals surface area contributed by atoms with Crippen LogP contribution in [0.1, 0.15) is 18.5 Å². The van der Waals surface area contributed by atoms with E-state index < -0.39 is 0 Å². The van der Waals surface area contributed by atoms with Crippen molar-refractivity contribution in [3.05, 3.63) is 36.0 Å². The monoisotopic (exact) mass is 255 g/mol. The highest BCUT2D eigenvalue weighted by atomic mass is 16.5. The molecular formula is C14H13N3O2. The van der Waals surface area contributed by atoms with Crippen molar-refractivity contribution in [2.75, 3.05) is 11.9 Å². The summed E-state index contributed by atoms with van der Waals surface area (Å²) in [4.78, 5) is 4.20. The van der Waals surface area contributed by atoms with Gasteiger partial charge >= 0.3 is 0 Å². The number of oxazole rings is 1. The van der Waals surface area contributed by atoms with Gasteiger partial charge in [0.15, 0.2) is 0 Å². The predicted molar refractivity (Wildman–Crippen MR) is 69.3 cm³/mol. The van der Waals surface area contributed by atoms with E-state index in [2.05, 4.69) is 10.3 Å². The van der Waals surface area contributed by atoms with Crippen molar-refractivity contribution in [2.45, 2.75) is 19.1 Å². The molecule has 0 radical (unpaired) electrons. The highest BCUT2D eigenvalue weighted by molar-refractivity contribution is 5.58. The number of anilines is 1. The summed E-state index contributed by atoms with van der Waals surface area (Å²) in [5.74, 6) is 0.825. The Morgan fingerprint density at radius 1 is 1.32 bits per heavy atom. The van der Waals surface area contributed by atoms with Crippen LogP contribution in [-0.2, 0) is 4.74 Å². The van der Waals surface area contributed by atoms with E-state index in [1.54, 1.807) is 0 Å². The van der Waals surface area contributed by atoms with Crippen LogP contribution >= 0.6 is 0 Å². The highest BCUT2D eigenvalue weighted by Gasteiger charge is 2.20. The van der Waals surface area contributed by atoms with E-state index in [9.17, 15) is 0 Å². The van der Waals surface area contributed by atoms with Crippen molar-refractivity contribution in [1.29, 1.82) is 5.26 Å². The Labute approximate surface area is 110 Å². The van der Waals surface area contributed by atoms with Crippen LogP contribution in [0.25, 0.3) is 11.5 Å². The molecular weight excluding hydrogens is 242 g/mol. The molecule has 0 bridgehead atoms. The second-order valence-electron chi connectivity index (χ2n) is 4.32. The zero-order valence-electron chi connectivity index (χ0n) is 10.3. The van der Waals surface area contributed by atoms with Crippen LogP contribution < -0.4 is 5.32 Å². The second-order valence-corrected chi connectivity index (χ2v) is 4.32. The number of nitrogens with one attached hydrogen (secondary N) is 1. The van der Waals surface area contributed by atoms with Crippen LogP contribution in [0.5, 0.6) is 0 Å². The normalized spacial score (nSPS) is 18.2. The van der Waals surface area contributed by atoms with E-state index >= 15 is 0 Å².